The Labute approximate surface area is 234 Å². The normalized spacial score (nSPS) is 19.7. The van der Waals surface area contributed by atoms with E-state index < -0.39 is 16.1 Å². The molecule has 0 saturated carbocycles. The van der Waals surface area contributed by atoms with E-state index >= 15 is 0 Å². The highest BCUT2D eigenvalue weighted by Crippen LogP contribution is 2.28. The molecule has 3 aromatic rings. The minimum Gasteiger partial charge on any atom is -0.394 e. The molecule has 0 bridgehead atoms. The van der Waals surface area contributed by atoms with Gasteiger partial charge in [0.2, 0.25) is 10.0 Å². The Bertz CT molecular complexity index is 1390. The minimum absolute atomic E-state index is 0. The zero-order valence-electron chi connectivity index (χ0n) is 21.0. The van der Waals surface area contributed by atoms with Gasteiger partial charge in [-0.1, -0.05) is 23.7 Å². The topological polar surface area (TPSA) is 97.3 Å². The molecule has 9 nitrogen and oxygen atoms in total. The maximum atomic E-state index is 13.5. The average Bonchev–Trinajstić information content (AvgIpc) is 2.92. The Hall–Kier alpha value is -2.47. The molecule has 5 rings (SSSR count). The van der Waals surface area contributed by atoms with Crippen LogP contribution in [-0.4, -0.2) is 90.7 Å². The summed E-state index contributed by atoms with van der Waals surface area (Å²) in [4.78, 5) is 19.8. The first-order valence-corrected chi connectivity index (χ1v) is 14.1. The van der Waals surface area contributed by atoms with E-state index in [4.69, 9.17) is 11.6 Å². The third kappa shape index (κ3) is 5.61. The van der Waals surface area contributed by atoms with Crippen molar-refractivity contribution in [1.29, 1.82) is 0 Å². The molecular formula is C26H31Cl2N5O4S. The highest BCUT2D eigenvalue weighted by atomic mass is 35.5. The van der Waals surface area contributed by atoms with Crippen LogP contribution < -0.4 is 4.90 Å². The van der Waals surface area contributed by atoms with Gasteiger partial charge >= 0.3 is 0 Å². The SMILES string of the molecule is CN(C1CCN(c2ccncc2)CC1)N1C(=O)CN(S(=O)(=O)c2ccc3cc(Cl)ccc3c2)CC1CO.Cl. The number of carbonyl (C=O) groups is 1. The first kappa shape index (κ1) is 28.5. The van der Waals surface area contributed by atoms with E-state index in [0.29, 0.717) is 5.02 Å². The molecule has 1 atom stereocenters. The van der Waals surface area contributed by atoms with Crippen LogP contribution in [0.2, 0.25) is 5.02 Å². The Morgan fingerprint density at radius 2 is 1.71 bits per heavy atom. The highest BCUT2D eigenvalue weighted by Gasteiger charge is 2.42. The predicted molar refractivity (Wildman–Crippen MR) is 150 cm³/mol. The number of anilines is 1. The van der Waals surface area contributed by atoms with Gasteiger partial charge < -0.3 is 10.0 Å². The standard InChI is InChI=1S/C26H30ClN5O4S.ClH/c1-29(22-8-12-30(13-9-22)23-6-10-28-11-7-23)32-24(18-33)16-31(17-26(32)34)37(35,36)25-5-3-19-14-21(27)4-2-20(19)15-25;/h2-7,10-11,14-15,22,24,33H,8-9,12-13,16-18H2,1H3;1H. The molecular weight excluding hydrogens is 549 g/mol. The predicted octanol–water partition coefficient (Wildman–Crippen LogP) is 3.02. The van der Waals surface area contributed by atoms with Crippen LogP contribution in [0.15, 0.2) is 65.8 Å². The molecule has 12 heteroatoms. The molecule has 2 aliphatic rings. The van der Waals surface area contributed by atoms with Gasteiger partial charge in [0.25, 0.3) is 5.91 Å². The quantitative estimate of drug-likeness (QED) is 0.479. The van der Waals surface area contributed by atoms with E-state index in [2.05, 4.69) is 9.88 Å². The number of amides is 1. The molecule has 204 valence electrons. The lowest BCUT2D eigenvalue weighted by atomic mass is 10.0. The molecule has 0 spiro atoms. The molecule has 2 saturated heterocycles. The second-order valence-electron chi connectivity index (χ2n) is 9.52. The van der Waals surface area contributed by atoms with Crippen LogP contribution >= 0.6 is 24.0 Å². The summed E-state index contributed by atoms with van der Waals surface area (Å²) in [5.74, 6) is -0.347. The lowest BCUT2D eigenvalue weighted by molar-refractivity contribution is -0.168. The summed E-state index contributed by atoms with van der Waals surface area (Å²) < 4.78 is 28.1. The fourth-order valence-electron chi connectivity index (χ4n) is 5.29. The van der Waals surface area contributed by atoms with Crippen LogP contribution in [-0.2, 0) is 14.8 Å². The van der Waals surface area contributed by atoms with Gasteiger partial charge in [-0.05, 0) is 60.0 Å². The second-order valence-corrected chi connectivity index (χ2v) is 11.9. The van der Waals surface area contributed by atoms with E-state index in [9.17, 15) is 18.3 Å². The molecule has 1 N–H and O–H groups in total. The smallest absolute Gasteiger partial charge is 0.252 e. The number of nitrogens with zero attached hydrogens (tertiary/aromatic N) is 5. The number of hydrazine groups is 1. The maximum Gasteiger partial charge on any atom is 0.252 e. The van der Waals surface area contributed by atoms with Crippen molar-refractivity contribution < 1.29 is 18.3 Å². The summed E-state index contributed by atoms with van der Waals surface area (Å²) in [5, 5.41) is 15.8. The summed E-state index contributed by atoms with van der Waals surface area (Å²) >= 11 is 6.05. The highest BCUT2D eigenvalue weighted by molar-refractivity contribution is 7.89. The maximum absolute atomic E-state index is 13.5. The van der Waals surface area contributed by atoms with Crippen LogP contribution in [0.25, 0.3) is 10.8 Å². The van der Waals surface area contributed by atoms with Crippen LogP contribution in [0.1, 0.15) is 12.8 Å². The molecule has 2 fully saturated rings. The summed E-state index contributed by atoms with van der Waals surface area (Å²) in [6, 6.07) is 13.5. The van der Waals surface area contributed by atoms with Crippen molar-refractivity contribution in [1.82, 2.24) is 19.3 Å². The zero-order valence-corrected chi connectivity index (χ0v) is 23.4. The lowest BCUT2D eigenvalue weighted by Crippen LogP contribution is -2.65. The number of benzene rings is 2. The molecule has 2 aliphatic heterocycles. The monoisotopic (exact) mass is 579 g/mol. The molecule has 1 amide bonds. The third-order valence-corrected chi connectivity index (χ3v) is 9.35. The fraction of sp³-hybridized carbons (Fsp3) is 0.385. The number of hydrogen-bond donors (Lipinski definition) is 1. The summed E-state index contributed by atoms with van der Waals surface area (Å²) in [6.45, 7) is 1.06. The van der Waals surface area contributed by atoms with E-state index in [0.717, 1.165) is 42.4 Å². The van der Waals surface area contributed by atoms with Crippen LogP contribution in [0.3, 0.4) is 0 Å². The molecule has 1 unspecified atom stereocenters. The van der Waals surface area contributed by atoms with Crippen molar-refractivity contribution in [3.05, 3.63) is 65.9 Å². The Balaban J connectivity index is 0.00000336. The van der Waals surface area contributed by atoms with Crippen molar-refractivity contribution in [2.75, 3.05) is 44.7 Å². The first-order valence-electron chi connectivity index (χ1n) is 12.3. The van der Waals surface area contributed by atoms with Crippen molar-refractivity contribution in [3.63, 3.8) is 0 Å². The number of sulfonamides is 1. The molecule has 0 aliphatic carbocycles. The van der Waals surface area contributed by atoms with Gasteiger partial charge in [-0.2, -0.15) is 4.31 Å². The molecule has 2 aromatic carbocycles. The Morgan fingerprint density at radius 1 is 1.05 bits per heavy atom. The molecule has 38 heavy (non-hydrogen) atoms. The van der Waals surface area contributed by atoms with Gasteiger partial charge in [-0.25, -0.2) is 13.4 Å². The van der Waals surface area contributed by atoms with E-state index in [1.54, 1.807) is 47.7 Å². The van der Waals surface area contributed by atoms with Crippen LogP contribution in [0.5, 0.6) is 0 Å². The number of aromatic nitrogens is 1. The number of fused-ring (bicyclic) bond motifs is 1. The van der Waals surface area contributed by atoms with E-state index in [-0.39, 0.29) is 48.9 Å². The summed E-state index contributed by atoms with van der Waals surface area (Å²) in [6.07, 6.45) is 5.23. The van der Waals surface area contributed by atoms with Gasteiger partial charge in [0.1, 0.15) is 0 Å². The molecule has 3 heterocycles. The van der Waals surface area contributed by atoms with Crippen molar-refractivity contribution in [3.8, 4) is 0 Å². The summed E-state index contributed by atoms with van der Waals surface area (Å²) in [5.41, 5.74) is 1.12. The van der Waals surface area contributed by atoms with E-state index in [1.807, 2.05) is 24.2 Å². The third-order valence-electron chi connectivity index (χ3n) is 7.31. The average molecular weight is 581 g/mol. The van der Waals surface area contributed by atoms with E-state index in [1.165, 1.54) is 10.4 Å². The van der Waals surface area contributed by atoms with Gasteiger partial charge in [-0.3, -0.25) is 14.8 Å². The second kappa shape index (κ2) is 11.7. The Kier molecular flexibility index (Phi) is 8.81. The number of rotatable bonds is 6. The number of piperidine rings is 1. The number of aliphatic hydroxyl groups is 1. The number of pyridine rings is 1. The van der Waals surface area contributed by atoms with Crippen LogP contribution in [0, 0.1) is 0 Å². The largest absolute Gasteiger partial charge is 0.394 e. The van der Waals surface area contributed by atoms with Gasteiger partial charge in [0.05, 0.1) is 24.1 Å². The van der Waals surface area contributed by atoms with Crippen molar-refractivity contribution in [2.45, 2.75) is 29.8 Å². The van der Waals surface area contributed by atoms with Crippen molar-refractivity contribution >= 4 is 56.4 Å². The van der Waals surface area contributed by atoms with Gasteiger partial charge in [0, 0.05) is 55.8 Å². The van der Waals surface area contributed by atoms with Crippen LogP contribution in [0.4, 0.5) is 5.69 Å². The fourth-order valence-corrected chi connectivity index (χ4v) is 6.93. The number of aliphatic hydroxyl groups excluding tert-OH is 1. The number of hydrogen-bond acceptors (Lipinski definition) is 7. The van der Waals surface area contributed by atoms with Gasteiger partial charge in [-0.15, -0.1) is 12.4 Å². The molecule has 0 radical (unpaired) electrons. The zero-order chi connectivity index (χ0) is 26.2. The number of piperazine rings is 1. The minimum atomic E-state index is -3.94. The lowest BCUT2D eigenvalue weighted by Gasteiger charge is -2.48. The van der Waals surface area contributed by atoms with Crippen molar-refractivity contribution in [2.24, 2.45) is 0 Å². The number of halogens is 2. The Morgan fingerprint density at radius 3 is 2.39 bits per heavy atom. The first-order chi connectivity index (χ1) is 17.8. The molecule has 1 aromatic heterocycles. The number of carbonyl (C=O) groups excluding carboxylic acids is 1. The van der Waals surface area contributed by atoms with Gasteiger partial charge in [0.15, 0.2) is 0 Å². The summed E-state index contributed by atoms with van der Waals surface area (Å²) in [7, 11) is -2.09.